The minimum absolute atomic E-state index is 0.0374. The number of aldehydes is 1. The molecule has 4 rings (SSSR count). The molecule has 0 aliphatic carbocycles. The second kappa shape index (κ2) is 17.9. The highest BCUT2D eigenvalue weighted by Gasteiger charge is 2.41. The molecule has 2 aliphatic heterocycles. The van der Waals surface area contributed by atoms with Crippen LogP contribution in [0.1, 0.15) is 87.6 Å². The van der Waals surface area contributed by atoms with Gasteiger partial charge in [0, 0.05) is 44.3 Å². The molecule has 2 aromatic carbocycles. The molecule has 14 nitrogen and oxygen atoms in total. The number of rotatable bonds is 17. The summed E-state index contributed by atoms with van der Waals surface area (Å²) >= 11 is 0. The third-order valence-electron chi connectivity index (χ3n) is 9.97. The Morgan fingerprint density at radius 3 is 2.26 bits per heavy atom. The van der Waals surface area contributed by atoms with Crippen molar-refractivity contribution < 1.29 is 48.6 Å². The lowest BCUT2D eigenvalue weighted by Crippen LogP contribution is -2.52. The van der Waals surface area contributed by atoms with E-state index in [1.54, 1.807) is 24.3 Å². The summed E-state index contributed by atoms with van der Waals surface area (Å²) in [7, 11) is 0. The summed E-state index contributed by atoms with van der Waals surface area (Å²) in [6.07, 6.45) is 0.255. The molecule has 53 heavy (non-hydrogen) atoms. The van der Waals surface area contributed by atoms with Crippen LogP contribution in [-0.2, 0) is 51.2 Å². The van der Waals surface area contributed by atoms with Gasteiger partial charge in [0.25, 0.3) is 0 Å². The van der Waals surface area contributed by atoms with Gasteiger partial charge in [0.1, 0.15) is 18.4 Å². The molecule has 0 aromatic heterocycles. The fourth-order valence-corrected chi connectivity index (χ4v) is 7.31. The minimum atomic E-state index is -1.31. The smallest absolute Gasteiger partial charge is 0.305 e. The summed E-state index contributed by atoms with van der Waals surface area (Å²) in [6.45, 7) is 7.06. The van der Waals surface area contributed by atoms with E-state index in [9.17, 15) is 48.6 Å². The van der Waals surface area contributed by atoms with Crippen LogP contribution in [0.15, 0.2) is 42.5 Å². The molecule has 284 valence electrons. The molecule has 2 aliphatic rings. The lowest BCUT2D eigenvalue weighted by molar-refractivity contribution is -0.147. The fourth-order valence-electron chi connectivity index (χ4n) is 7.31. The summed E-state index contributed by atoms with van der Waals surface area (Å²) < 4.78 is 0. The van der Waals surface area contributed by atoms with Gasteiger partial charge >= 0.3 is 11.9 Å². The first-order valence-electron chi connectivity index (χ1n) is 17.9. The van der Waals surface area contributed by atoms with Gasteiger partial charge in [0.15, 0.2) is 5.78 Å². The van der Waals surface area contributed by atoms with Gasteiger partial charge in [-0.05, 0) is 61.3 Å². The standard InChI is InChI=1S/C39H48N4O10/c1-22(2)28(39(53)42-17-16-25-18-23(3)12-13-29(25)36(42)38(52)40-27(21-44)20-35(49)50)14-15-33(46)30(9-7-11-34(47)48)41-37(51)32-19-26-8-5-6-10-31(26)43(32)24(4)45/h5-6,8,10,12-13,18,21-22,27-28,30,32,36H,7,9,11,14-17,19-20H2,1-4H3,(H,40,52)(H,41,51)(H,47,48)(H,49,50)/t27-,28-,30-,32-,36?/m0/s1. The molecule has 0 spiro atoms. The van der Waals surface area contributed by atoms with Crippen LogP contribution >= 0.6 is 0 Å². The maximum absolute atomic E-state index is 14.4. The predicted molar refractivity (Wildman–Crippen MR) is 193 cm³/mol. The molecule has 0 saturated carbocycles. The molecule has 2 heterocycles. The summed E-state index contributed by atoms with van der Waals surface area (Å²) in [5, 5.41) is 23.7. The molecule has 2 aromatic rings. The van der Waals surface area contributed by atoms with Gasteiger partial charge in [0.05, 0.1) is 18.5 Å². The lowest BCUT2D eigenvalue weighted by atomic mass is 9.84. The molecular formula is C39H48N4O10. The van der Waals surface area contributed by atoms with Gasteiger partial charge in [0.2, 0.25) is 23.6 Å². The van der Waals surface area contributed by atoms with Crippen molar-refractivity contribution in [1.82, 2.24) is 15.5 Å². The molecule has 14 heteroatoms. The van der Waals surface area contributed by atoms with Gasteiger partial charge in [-0.25, -0.2) is 0 Å². The predicted octanol–water partition coefficient (Wildman–Crippen LogP) is 2.92. The Kier molecular flexibility index (Phi) is 13.6. The number of aryl methyl sites for hydroxylation is 1. The Morgan fingerprint density at radius 2 is 1.62 bits per heavy atom. The van der Waals surface area contributed by atoms with E-state index in [1.165, 1.54) is 16.7 Å². The summed E-state index contributed by atoms with van der Waals surface area (Å²) in [6, 6.07) is 8.19. The Morgan fingerprint density at radius 1 is 0.906 bits per heavy atom. The summed E-state index contributed by atoms with van der Waals surface area (Å²) in [5.74, 6) is -5.74. The largest absolute Gasteiger partial charge is 0.481 e. The van der Waals surface area contributed by atoms with E-state index in [1.807, 2.05) is 39.0 Å². The number of aliphatic carboxylic acids is 2. The van der Waals surface area contributed by atoms with Crippen molar-refractivity contribution >= 4 is 53.3 Å². The number of nitrogens with zero attached hydrogens (tertiary/aromatic N) is 2. The van der Waals surface area contributed by atoms with Crippen LogP contribution in [0.3, 0.4) is 0 Å². The molecule has 1 unspecified atom stereocenters. The van der Waals surface area contributed by atoms with Crippen molar-refractivity contribution in [1.29, 1.82) is 0 Å². The zero-order chi connectivity index (χ0) is 39.0. The van der Waals surface area contributed by atoms with Crippen molar-refractivity contribution in [3.63, 3.8) is 0 Å². The zero-order valence-electron chi connectivity index (χ0n) is 30.5. The third kappa shape index (κ3) is 9.93. The molecule has 0 fully saturated rings. The average Bonchev–Trinajstić information content (AvgIpc) is 3.50. The maximum atomic E-state index is 14.4. The number of nitrogens with one attached hydrogen (secondary N) is 2. The van der Waals surface area contributed by atoms with Crippen LogP contribution in [0.2, 0.25) is 0 Å². The van der Waals surface area contributed by atoms with E-state index >= 15 is 0 Å². The Bertz CT molecular complexity index is 1760. The maximum Gasteiger partial charge on any atom is 0.305 e. The summed E-state index contributed by atoms with van der Waals surface area (Å²) in [4.78, 5) is 105. The number of para-hydroxylation sites is 1. The number of carboxylic acid groups (broad SMARTS) is 2. The minimum Gasteiger partial charge on any atom is -0.481 e. The SMILES string of the molecule is CC(=O)N1c2ccccc2C[C@H]1C(=O)N[C@@H](CCCC(=O)O)C(=O)CC[C@H](C(=O)N1CCc2cc(C)ccc2C1C(=O)N[C@H](C=O)CC(=O)O)C(C)C. The van der Waals surface area contributed by atoms with E-state index in [-0.39, 0.29) is 56.9 Å². The first-order chi connectivity index (χ1) is 25.1. The van der Waals surface area contributed by atoms with Crippen LogP contribution < -0.4 is 15.5 Å². The molecule has 0 radical (unpaired) electrons. The van der Waals surface area contributed by atoms with Gasteiger partial charge in [-0.15, -0.1) is 0 Å². The van der Waals surface area contributed by atoms with Crippen LogP contribution in [0.5, 0.6) is 0 Å². The van der Waals surface area contributed by atoms with Crippen LogP contribution in [0.25, 0.3) is 0 Å². The van der Waals surface area contributed by atoms with E-state index in [0.717, 1.165) is 16.7 Å². The average molecular weight is 733 g/mol. The first-order valence-corrected chi connectivity index (χ1v) is 17.9. The Balaban J connectivity index is 1.54. The number of benzene rings is 2. The highest BCUT2D eigenvalue weighted by molar-refractivity contribution is 6.03. The van der Waals surface area contributed by atoms with Gasteiger partial charge in [-0.1, -0.05) is 55.8 Å². The van der Waals surface area contributed by atoms with Crippen molar-refractivity contribution in [3.05, 3.63) is 64.7 Å². The molecule has 5 atom stereocenters. The van der Waals surface area contributed by atoms with Crippen LogP contribution in [0.4, 0.5) is 5.69 Å². The molecule has 4 N–H and O–H groups in total. The molecule has 4 amide bonds. The number of amides is 4. The second-order valence-corrected chi connectivity index (χ2v) is 14.2. The Labute approximate surface area is 308 Å². The van der Waals surface area contributed by atoms with E-state index in [4.69, 9.17) is 0 Å². The topological polar surface area (TPSA) is 208 Å². The van der Waals surface area contributed by atoms with Crippen molar-refractivity contribution in [2.24, 2.45) is 11.8 Å². The zero-order valence-corrected chi connectivity index (χ0v) is 30.5. The number of anilines is 1. The second-order valence-electron chi connectivity index (χ2n) is 14.2. The van der Waals surface area contributed by atoms with Crippen molar-refractivity contribution in [2.45, 2.75) is 103 Å². The molecule has 0 bridgehead atoms. The number of carboxylic acids is 2. The number of carbonyl (C=O) groups is 8. The lowest BCUT2D eigenvalue weighted by Gasteiger charge is -2.39. The summed E-state index contributed by atoms with van der Waals surface area (Å²) in [5.41, 5.74) is 3.77. The fraction of sp³-hybridized carbons (Fsp3) is 0.487. The quantitative estimate of drug-likeness (QED) is 0.175. The number of Topliss-reactive ketones (excluding diaryl/α,β-unsaturated/α-hetero) is 1. The number of hydrogen-bond acceptors (Lipinski definition) is 8. The van der Waals surface area contributed by atoms with Gasteiger partial charge in [-0.2, -0.15) is 0 Å². The van der Waals surface area contributed by atoms with E-state index in [2.05, 4.69) is 10.6 Å². The highest BCUT2D eigenvalue weighted by Crippen LogP contribution is 2.35. The van der Waals surface area contributed by atoms with E-state index < -0.39 is 71.9 Å². The van der Waals surface area contributed by atoms with Crippen molar-refractivity contribution in [2.75, 3.05) is 11.4 Å². The number of ketones is 1. The number of carbonyl (C=O) groups excluding carboxylic acids is 6. The molecule has 0 saturated heterocycles. The number of fused-ring (bicyclic) bond motifs is 2. The van der Waals surface area contributed by atoms with Gasteiger partial charge < -0.3 is 30.5 Å². The normalized spacial score (nSPS) is 17.9. The van der Waals surface area contributed by atoms with Crippen molar-refractivity contribution in [3.8, 4) is 0 Å². The Hall–Kier alpha value is -5.40. The molecular weight excluding hydrogens is 684 g/mol. The van der Waals surface area contributed by atoms with Crippen LogP contribution in [-0.4, -0.2) is 87.4 Å². The number of hydrogen-bond donors (Lipinski definition) is 4. The van der Waals surface area contributed by atoms with Gasteiger partial charge in [-0.3, -0.25) is 38.5 Å². The third-order valence-corrected chi connectivity index (χ3v) is 9.97. The first kappa shape index (κ1) is 40.4. The monoisotopic (exact) mass is 732 g/mol. The van der Waals surface area contributed by atoms with Crippen LogP contribution in [0, 0.1) is 18.8 Å². The van der Waals surface area contributed by atoms with E-state index in [0.29, 0.717) is 24.0 Å². The highest BCUT2D eigenvalue weighted by atomic mass is 16.4.